The average Bonchev–Trinajstić information content (AvgIpc) is 2.72. The molecule has 0 unspecified atom stereocenters. The number of rotatable bonds is 5. The average molecular weight is 376 g/mol. The van der Waals surface area contributed by atoms with Gasteiger partial charge in [-0.05, 0) is 54.8 Å². The van der Waals surface area contributed by atoms with Gasteiger partial charge in [-0.25, -0.2) is 14.4 Å². The first-order chi connectivity index (χ1) is 13.6. The highest BCUT2D eigenvalue weighted by Gasteiger charge is 2.12. The largest absolute Gasteiger partial charge is 0.507 e. The molecule has 0 amide bonds. The van der Waals surface area contributed by atoms with Crippen LogP contribution in [0.15, 0.2) is 88.5 Å². The molecular formula is C23H21FN2O2. The fraction of sp³-hybridized carbons (Fsp3) is 0.130. The Balaban J connectivity index is 1.72. The van der Waals surface area contributed by atoms with E-state index in [1.54, 1.807) is 36.5 Å². The summed E-state index contributed by atoms with van der Waals surface area (Å²) in [6, 6.07) is 12.8. The van der Waals surface area contributed by atoms with Crippen LogP contribution in [0.1, 0.15) is 18.9 Å². The number of phenolic OH excluding ortho intramolecular Hbond substituents is 1. The van der Waals surface area contributed by atoms with Crippen molar-refractivity contribution in [3.05, 3.63) is 89.9 Å². The first-order valence-electron chi connectivity index (χ1n) is 8.90. The summed E-state index contributed by atoms with van der Waals surface area (Å²) in [5, 5.41) is 9.94. The quantitative estimate of drug-likeness (QED) is 0.718. The molecule has 0 spiro atoms. The Morgan fingerprint density at radius 1 is 1.25 bits per heavy atom. The summed E-state index contributed by atoms with van der Waals surface area (Å²) in [7, 11) is 0. The van der Waals surface area contributed by atoms with Gasteiger partial charge >= 0.3 is 0 Å². The molecule has 1 aliphatic heterocycles. The summed E-state index contributed by atoms with van der Waals surface area (Å²) in [5.41, 5.74) is 2.96. The number of halogens is 1. The van der Waals surface area contributed by atoms with E-state index in [-0.39, 0.29) is 18.2 Å². The molecule has 1 N–H and O–H groups in total. The molecule has 1 aliphatic rings. The van der Waals surface area contributed by atoms with E-state index in [4.69, 9.17) is 4.74 Å². The summed E-state index contributed by atoms with van der Waals surface area (Å²) >= 11 is 0. The third-order valence-corrected chi connectivity index (χ3v) is 4.24. The number of aromatic hydroxyl groups is 1. The monoisotopic (exact) mass is 376 g/mol. The molecule has 28 heavy (non-hydrogen) atoms. The molecule has 0 aromatic heterocycles. The van der Waals surface area contributed by atoms with Gasteiger partial charge in [0.05, 0.1) is 5.70 Å². The van der Waals surface area contributed by atoms with Crippen molar-refractivity contribution < 1.29 is 14.2 Å². The van der Waals surface area contributed by atoms with Crippen LogP contribution in [0.3, 0.4) is 0 Å². The molecule has 5 heteroatoms. The zero-order valence-corrected chi connectivity index (χ0v) is 15.6. The van der Waals surface area contributed by atoms with Crippen LogP contribution in [0.4, 0.5) is 4.39 Å². The zero-order valence-electron chi connectivity index (χ0n) is 15.6. The van der Waals surface area contributed by atoms with Gasteiger partial charge in [-0.1, -0.05) is 36.9 Å². The third kappa shape index (κ3) is 4.82. The molecule has 142 valence electrons. The van der Waals surface area contributed by atoms with Crippen LogP contribution >= 0.6 is 0 Å². The summed E-state index contributed by atoms with van der Waals surface area (Å²) in [6.07, 6.45) is 6.24. The van der Waals surface area contributed by atoms with Crippen LogP contribution in [0.2, 0.25) is 0 Å². The summed E-state index contributed by atoms with van der Waals surface area (Å²) in [4.78, 5) is 9.03. The van der Waals surface area contributed by atoms with Crippen molar-refractivity contribution in [1.29, 1.82) is 0 Å². The number of ether oxygens (including phenoxy) is 1. The van der Waals surface area contributed by atoms with Gasteiger partial charge in [0.1, 0.15) is 23.9 Å². The van der Waals surface area contributed by atoms with E-state index in [0.29, 0.717) is 29.1 Å². The van der Waals surface area contributed by atoms with E-state index in [0.717, 1.165) is 11.3 Å². The molecule has 0 saturated heterocycles. The molecular weight excluding hydrogens is 355 g/mol. The molecule has 0 aliphatic carbocycles. The van der Waals surface area contributed by atoms with Crippen LogP contribution in [-0.2, 0) is 0 Å². The van der Waals surface area contributed by atoms with Crippen molar-refractivity contribution in [2.75, 3.05) is 6.61 Å². The zero-order chi connectivity index (χ0) is 19.9. The van der Waals surface area contributed by atoms with Crippen LogP contribution in [0.25, 0.3) is 5.57 Å². The number of nitrogens with zero attached hydrogens (tertiary/aromatic N) is 2. The van der Waals surface area contributed by atoms with Gasteiger partial charge < -0.3 is 9.84 Å². The Morgan fingerprint density at radius 3 is 2.71 bits per heavy atom. The molecule has 0 saturated carbocycles. The van der Waals surface area contributed by atoms with Crippen molar-refractivity contribution in [3.63, 3.8) is 0 Å². The number of para-hydroxylation sites is 1. The maximum Gasteiger partial charge on any atom is 0.155 e. The maximum absolute atomic E-state index is 13.0. The topological polar surface area (TPSA) is 54.2 Å². The van der Waals surface area contributed by atoms with Crippen molar-refractivity contribution in [2.45, 2.75) is 13.3 Å². The van der Waals surface area contributed by atoms with E-state index in [2.05, 4.69) is 16.6 Å². The highest BCUT2D eigenvalue weighted by molar-refractivity contribution is 6.16. The Bertz CT molecular complexity index is 986. The van der Waals surface area contributed by atoms with Crippen LogP contribution in [-0.4, -0.2) is 23.8 Å². The molecule has 0 fully saturated rings. The predicted molar refractivity (Wildman–Crippen MR) is 111 cm³/mol. The lowest BCUT2D eigenvalue weighted by molar-refractivity contribution is 0.349. The van der Waals surface area contributed by atoms with Crippen LogP contribution in [0, 0.1) is 5.82 Å². The second kappa shape index (κ2) is 8.95. The highest BCUT2D eigenvalue weighted by Crippen LogP contribution is 2.23. The van der Waals surface area contributed by atoms with Gasteiger partial charge in [0.25, 0.3) is 0 Å². The Morgan fingerprint density at radius 2 is 2.00 bits per heavy atom. The lowest BCUT2D eigenvalue weighted by Crippen LogP contribution is -2.10. The predicted octanol–water partition coefficient (Wildman–Crippen LogP) is 5.33. The van der Waals surface area contributed by atoms with E-state index >= 15 is 0 Å². The fourth-order valence-corrected chi connectivity index (χ4v) is 2.66. The summed E-state index contributed by atoms with van der Waals surface area (Å²) in [5.74, 6) is 1.01. The number of aliphatic imine (C=N–C) groups is 2. The van der Waals surface area contributed by atoms with Gasteiger partial charge in [0.15, 0.2) is 5.84 Å². The Kier molecular flexibility index (Phi) is 6.17. The van der Waals surface area contributed by atoms with Crippen molar-refractivity contribution in [2.24, 2.45) is 9.98 Å². The minimum atomic E-state index is -0.304. The summed E-state index contributed by atoms with van der Waals surface area (Å²) in [6.45, 7) is 6.17. The molecule has 2 aromatic rings. The van der Waals surface area contributed by atoms with Gasteiger partial charge in [-0.2, -0.15) is 0 Å². The van der Waals surface area contributed by atoms with Gasteiger partial charge in [0, 0.05) is 11.8 Å². The number of benzene rings is 2. The van der Waals surface area contributed by atoms with Crippen LogP contribution < -0.4 is 4.74 Å². The van der Waals surface area contributed by atoms with Gasteiger partial charge in [-0.15, -0.1) is 0 Å². The fourth-order valence-electron chi connectivity index (χ4n) is 2.66. The molecule has 2 aromatic carbocycles. The lowest BCUT2D eigenvalue weighted by Gasteiger charge is -2.14. The first-order valence-corrected chi connectivity index (χ1v) is 8.90. The smallest absolute Gasteiger partial charge is 0.155 e. The van der Waals surface area contributed by atoms with E-state index in [1.165, 1.54) is 12.1 Å². The van der Waals surface area contributed by atoms with Gasteiger partial charge in [-0.3, -0.25) is 0 Å². The third-order valence-electron chi connectivity index (χ3n) is 4.24. The van der Waals surface area contributed by atoms with E-state index in [1.807, 2.05) is 25.1 Å². The minimum Gasteiger partial charge on any atom is -0.507 e. The molecule has 0 bridgehead atoms. The van der Waals surface area contributed by atoms with Gasteiger partial charge in [0.2, 0.25) is 0 Å². The molecule has 0 atom stereocenters. The minimum absolute atomic E-state index is 0.157. The van der Waals surface area contributed by atoms with E-state index in [9.17, 15) is 9.50 Å². The Labute approximate surface area is 163 Å². The second-order valence-electron chi connectivity index (χ2n) is 6.19. The number of hydrogen-bond donors (Lipinski definition) is 1. The number of allylic oxidation sites excluding steroid dienone is 3. The first kappa shape index (κ1) is 19.3. The number of phenols is 1. The highest BCUT2D eigenvalue weighted by atomic mass is 19.1. The Hall–Kier alpha value is -3.47. The lowest BCUT2D eigenvalue weighted by atomic mass is 10.1. The normalized spacial score (nSPS) is 15.4. The van der Waals surface area contributed by atoms with Crippen LogP contribution in [0.5, 0.6) is 11.5 Å². The molecule has 3 rings (SSSR count). The van der Waals surface area contributed by atoms with Crippen molar-refractivity contribution in [1.82, 2.24) is 0 Å². The van der Waals surface area contributed by atoms with Crippen molar-refractivity contribution >= 4 is 17.6 Å². The SMILES string of the molecule is C=C(C=NC1=NC(COc2ccc(F)cc2)=CC/C1=C/C)c1ccccc1O. The van der Waals surface area contributed by atoms with Crippen molar-refractivity contribution in [3.8, 4) is 11.5 Å². The molecule has 1 heterocycles. The maximum atomic E-state index is 13.0. The number of amidine groups is 1. The summed E-state index contributed by atoms with van der Waals surface area (Å²) < 4.78 is 18.6. The second-order valence-corrected chi connectivity index (χ2v) is 6.19. The van der Waals surface area contributed by atoms with E-state index < -0.39 is 0 Å². The standard InChI is InChI=1S/C23H21FN2O2/c1-3-17-8-11-19(15-28-20-12-9-18(24)10-13-20)26-23(17)25-14-16(2)21-6-4-5-7-22(21)27/h3-7,9-14,27H,2,8,15H2,1H3/b17-3-,25-14?. The molecule has 0 radical (unpaired) electrons. The molecule has 4 nitrogen and oxygen atoms in total. The number of hydrogen-bond acceptors (Lipinski definition) is 4.